The van der Waals surface area contributed by atoms with E-state index in [9.17, 15) is 4.39 Å². The summed E-state index contributed by atoms with van der Waals surface area (Å²) >= 11 is 9.53. The first kappa shape index (κ1) is 13.3. The molecule has 18 heavy (non-hydrogen) atoms. The predicted molar refractivity (Wildman–Crippen MR) is 75.4 cm³/mol. The van der Waals surface area contributed by atoms with E-state index in [0.717, 1.165) is 15.7 Å². The zero-order chi connectivity index (χ0) is 13.1. The fraction of sp³-hybridized carbons (Fsp3) is 0.154. The summed E-state index contributed by atoms with van der Waals surface area (Å²) in [4.78, 5) is 3.59. The van der Waals surface area contributed by atoms with E-state index >= 15 is 0 Å². The summed E-state index contributed by atoms with van der Waals surface area (Å²) in [6.45, 7) is 1.98. The number of aromatic nitrogens is 1. The monoisotopic (exact) mass is 328 g/mol. The third-order valence-corrected chi connectivity index (χ3v) is 3.36. The van der Waals surface area contributed by atoms with Crippen LogP contribution in [0, 0.1) is 5.95 Å². The van der Waals surface area contributed by atoms with Gasteiger partial charge in [0.2, 0.25) is 5.95 Å². The summed E-state index contributed by atoms with van der Waals surface area (Å²) in [5, 5.41) is 3.90. The lowest BCUT2D eigenvalue weighted by Gasteiger charge is -2.16. The van der Waals surface area contributed by atoms with Crippen molar-refractivity contribution in [1.29, 1.82) is 0 Å². The molecule has 94 valence electrons. The van der Waals surface area contributed by atoms with Gasteiger partial charge >= 0.3 is 0 Å². The third kappa shape index (κ3) is 3.21. The Morgan fingerprint density at radius 3 is 2.72 bits per heavy atom. The summed E-state index contributed by atoms with van der Waals surface area (Å²) in [7, 11) is 0. The topological polar surface area (TPSA) is 24.9 Å². The molecule has 0 radical (unpaired) electrons. The van der Waals surface area contributed by atoms with Crippen molar-refractivity contribution < 1.29 is 4.39 Å². The van der Waals surface area contributed by atoms with Crippen LogP contribution in [-0.4, -0.2) is 4.98 Å². The quantitative estimate of drug-likeness (QED) is 0.817. The molecule has 0 fully saturated rings. The van der Waals surface area contributed by atoms with Gasteiger partial charge < -0.3 is 5.32 Å². The van der Waals surface area contributed by atoms with Gasteiger partial charge in [0, 0.05) is 9.50 Å². The maximum atomic E-state index is 12.7. The summed E-state index contributed by atoms with van der Waals surface area (Å²) in [5.41, 5.74) is 1.73. The lowest BCUT2D eigenvalue weighted by Crippen LogP contribution is -2.07. The van der Waals surface area contributed by atoms with Gasteiger partial charge in [-0.05, 0) is 36.8 Å². The average molecular weight is 330 g/mol. The van der Waals surface area contributed by atoms with Crippen molar-refractivity contribution in [3.63, 3.8) is 0 Å². The number of hydrogen-bond donors (Lipinski definition) is 1. The molecule has 0 saturated heterocycles. The number of nitrogens with zero attached hydrogens (tertiary/aromatic N) is 1. The number of rotatable bonds is 3. The van der Waals surface area contributed by atoms with Gasteiger partial charge in [-0.25, -0.2) is 4.98 Å². The second kappa shape index (κ2) is 5.67. The molecule has 1 aromatic carbocycles. The summed E-state index contributed by atoms with van der Waals surface area (Å²) < 4.78 is 13.6. The minimum Gasteiger partial charge on any atom is -0.377 e. The Balaban J connectivity index is 2.16. The molecular weight excluding hydrogens is 319 g/mol. The molecule has 0 aliphatic rings. The van der Waals surface area contributed by atoms with Crippen LogP contribution in [0.25, 0.3) is 0 Å². The highest BCUT2D eigenvalue weighted by Gasteiger charge is 2.10. The molecule has 0 bridgehead atoms. The van der Waals surface area contributed by atoms with Gasteiger partial charge in [0.15, 0.2) is 0 Å². The van der Waals surface area contributed by atoms with E-state index in [2.05, 4.69) is 26.2 Å². The predicted octanol–water partition coefficient (Wildman–Crippen LogP) is 4.81. The largest absolute Gasteiger partial charge is 0.377 e. The highest BCUT2D eigenvalue weighted by molar-refractivity contribution is 9.10. The zero-order valence-electron chi connectivity index (χ0n) is 9.62. The van der Waals surface area contributed by atoms with Crippen LogP contribution in [0.4, 0.5) is 10.1 Å². The first-order chi connectivity index (χ1) is 8.56. The number of nitrogens with one attached hydrogen (secondary N) is 1. The molecule has 1 atom stereocenters. The summed E-state index contributed by atoms with van der Waals surface area (Å²) in [6, 6.07) is 8.70. The van der Waals surface area contributed by atoms with Gasteiger partial charge in [0.1, 0.15) is 0 Å². The van der Waals surface area contributed by atoms with Crippen LogP contribution in [0.2, 0.25) is 5.02 Å². The minimum atomic E-state index is -0.491. The fourth-order valence-electron chi connectivity index (χ4n) is 1.64. The van der Waals surface area contributed by atoms with Gasteiger partial charge in [0.25, 0.3) is 0 Å². The van der Waals surface area contributed by atoms with E-state index in [0.29, 0.717) is 5.02 Å². The number of pyridine rings is 1. The van der Waals surface area contributed by atoms with Crippen molar-refractivity contribution in [1.82, 2.24) is 4.98 Å². The second-order valence-electron chi connectivity index (χ2n) is 3.90. The smallest absolute Gasteiger partial charge is 0.212 e. The molecule has 0 amide bonds. The van der Waals surface area contributed by atoms with Crippen molar-refractivity contribution in [3.05, 3.63) is 57.5 Å². The van der Waals surface area contributed by atoms with E-state index in [1.165, 1.54) is 12.3 Å². The van der Waals surface area contributed by atoms with Gasteiger partial charge in [-0.2, -0.15) is 4.39 Å². The number of halogens is 3. The molecule has 2 rings (SSSR count). The number of anilines is 1. The SMILES string of the molecule is CC(Nc1ccc(F)nc1)c1ccc(Br)cc1Cl. The zero-order valence-corrected chi connectivity index (χ0v) is 12.0. The van der Waals surface area contributed by atoms with Crippen molar-refractivity contribution in [2.75, 3.05) is 5.32 Å². The maximum Gasteiger partial charge on any atom is 0.212 e. The third-order valence-electron chi connectivity index (χ3n) is 2.54. The molecular formula is C13H11BrClFN2. The lowest BCUT2D eigenvalue weighted by atomic mass is 10.1. The normalized spacial score (nSPS) is 12.2. The van der Waals surface area contributed by atoms with Gasteiger partial charge in [-0.3, -0.25) is 0 Å². The highest BCUT2D eigenvalue weighted by Crippen LogP contribution is 2.28. The average Bonchev–Trinajstić information content (AvgIpc) is 2.32. The van der Waals surface area contributed by atoms with Crippen LogP contribution < -0.4 is 5.32 Å². The molecule has 1 aromatic heterocycles. The van der Waals surface area contributed by atoms with Crippen LogP contribution in [0.5, 0.6) is 0 Å². The van der Waals surface area contributed by atoms with E-state index in [1.54, 1.807) is 6.07 Å². The Bertz CT molecular complexity index is 545. The molecule has 0 aliphatic heterocycles. The Hall–Kier alpha value is -1.13. The standard InChI is InChI=1S/C13H11BrClFN2/c1-8(11-4-2-9(14)6-12(11)15)18-10-3-5-13(16)17-7-10/h2-8,18H,1H3. The van der Waals surface area contributed by atoms with Crippen molar-refractivity contribution >= 4 is 33.2 Å². The molecule has 1 heterocycles. The lowest BCUT2D eigenvalue weighted by molar-refractivity contribution is 0.584. The number of benzene rings is 1. The van der Waals surface area contributed by atoms with E-state index in [4.69, 9.17) is 11.6 Å². The Morgan fingerprint density at radius 1 is 1.33 bits per heavy atom. The molecule has 1 N–H and O–H groups in total. The van der Waals surface area contributed by atoms with Crippen LogP contribution in [0.15, 0.2) is 41.0 Å². The van der Waals surface area contributed by atoms with Crippen LogP contribution in [-0.2, 0) is 0 Å². The minimum absolute atomic E-state index is 0.0119. The van der Waals surface area contributed by atoms with E-state index in [1.807, 2.05) is 25.1 Å². The van der Waals surface area contributed by atoms with Crippen molar-refractivity contribution in [3.8, 4) is 0 Å². The van der Waals surface area contributed by atoms with Crippen molar-refractivity contribution in [2.45, 2.75) is 13.0 Å². The maximum absolute atomic E-state index is 12.7. The molecule has 0 spiro atoms. The Labute approximate surface area is 118 Å². The summed E-state index contributed by atoms with van der Waals surface area (Å²) in [5.74, 6) is -0.491. The van der Waals surface area contributed by atoms with Crippen LogP contribution >= 0.6 is 27.5 Å². The molecule has 5 heteroatoms. The highest BCUT2D eigenvalue weighted by atomic mass is 79.9. The van der Waals surface area contributed by atoms with Gasteiger partial charge in [-0.1, -0.05) is 33.6 Å². The van der Waals surface area contributed by atoms with Gasteiger partial charge in [0.05, 0.1) is 17.9 Å². The summed E-state index contributed by atoms with van der Waals surface area (Å²) in [6.07, 6.45) is 1.46. The molecule has 2 aromatic rings. The molecule has 0 saturated carbocycles. The van der Waals surface area contributed by atoms with Gasteiger partial charge in [-0.15, -0.1) is 0 Å². The van der Waals surface area contributed by atoms with Crippen LogP contribution in [0.3, 0.4) is 0 Å². The van der Waals surface area contributed by atoms with E-state index in [-0.39, 0.29) is 6.04 Å². The fourth-order valence-corrected chi connectivity index (χ4v) is 2.48. The van der Waals surface area contributed by atoms with Crippen LogP contribution in [0.1, 0.15) is 18.5 Å². The Kier molecular flexibility index (Phi) is 4.19. The number of hydrogen-bond acceptors (Lipinski definition) is 2. The molecule has 0 aliphatic carbocycles. The Morgan fingerprint density at radius 2 is 2.11 bits per heavy atom. The van der Waals surface area contributed by atoms with Crippen molar-refractivity contribution in [2.24, 2.45) is 0 Å². The molecule has 1 unspecified atom stereocenters. The first-order valence-electron chi connectivity index (χ1n) is 5.39. The van der Waals surface area contributed by atoms with E-state index < -0.39 is 5.95 Å². The first-order valence-corrected chi connectivity index (χ1v) is 6.56. The second-order valence-corrected chi connectivity index (χ2v) is 5.22. The molecule has 2 nitrogen and oxygen atoms in total.